The van der Waals surface area contributed by atoms with Crippen molar-refractivity contribution in [3.63, 3.8) is 0 Å². The Bertz CT molecular complexity index is 392. The number of benzene rings is 1. The molecule has 1 aromatic carbocycles. The molecule has 100 valence electrons. The van der Waals surface area contributed by atoms with Gasteiger partial charge in [-0.2, -0.15) is 0 Å². The smallest absolute Gasteiger partial charge is 0.127 e. The second-order valence-corrected chi connectivity index (χ2v) is 5.92. The Morgan fingerprint density at radius 1 is 1.17 bits per heavy atom. The van der Waals surface area contributed by atoms with Gasteiger partial charge in [0.05, 0.1) is 6.10 Å². The van der Waals surface area contributed by atoms with E-state index < -0.39 is 0 Å². The summed E-state index contributed by atoms with van der Waals surface area (Å²) in [6.07, 6.45) is 4.03. The van der Waals surface area contributed by atoms with Crippen LogP contribution in [0.15, 0.2) is 18.2 Å². The number of rotatable bonds is 3. The molecule has 1 saturated carbocycles. The van der Waals surface area contributed by atoms with Crippen LogP contribution in [0.2, 0.25) is 0 Å². The summed E-state index contributed by atoms with van der Waals surface area (Å²) >= 11 is 0. The lowest BCUT2D eigenvalue weighted by molar-refractivity contribution is 0.0994. The minimum absolute atomic E-state index is 0.357. The Balaban J connectivity index is 2.13. The van der Waals surface area contributed by atoms with E-state index in [2.05, 4.69) is 39.0 Å². The Hall–Kier alpha value is -1.02. The first-order valence-corrected chi connectivity index (χ1v) is 7.05. The van der Waals surface area contributed by atoms with Crippen molar-refractivity contribution >= 4 is 0 Å². The maximum atomic E-state index is 6.27. The minimum Gasteiger partial charge on any atom is -0.490 e. The van der Waals surface area contributed by atoms with Crippen molar-refractivity contribution in [2.24, 2.45) is 17.6 Å². The van der Waals surface area contributed by atoms with E-state index in [9.17, 15) is 0 Å². The highest BCUT2D eigenvalue weighted by Gasteiger charge is 2.26. The molecule has 0 aromatic heterocycles. The fourth-order valence-corrected chi connectivity index (χ4v) is 3.18. The Labute approximate surface area is 111 Å². The number of nitrogens with two attached hydrogens (primary N) is 1. The number of hydrogen-bond acceptors (Lipinski definition) is 2. The number of ether oxygens (including phenoxy) is 1. The molecule has 1 fully saturated rings. The molecule has 2 heteroatoms. The first kappa shape index (κ1) is 13.4. The van der Waals surface area contributed by atoms with Gasteiger partial charge >= 0.3 is 0 Å². The summed E-state index contributed by atoms with van der Waals surface area (Å²) in [5, 5.41) is 0. The van der Waals surface area contributed by atoms with Crippen LogP contribution in [0.5, 0.6) is 5.75 Å². The zero-order chi connectivity index (χ0) is 13.1. The largest absolute Gasteiger partial charge is 0.490 e. The van der Waals surface area contributed by atoms with Crippen molar-refractivity contribution in [1.29, 1.82) is 0 Å². The van der Waals surface area contributed by atoms with E-state index in [1.807, 2.05) is 0 Å². The number of para-hydroxylation sites is 1. The Kier molecular flexibility index (Phi) is 4.28. The van der Waals surface area contributed by atoms with E-state index in [1.165, 1.54) is 24.8 Å². The van der Waals surface area contributed by atoms with Crippen molar-refractivity contribution in [2.45, 2.75) is 52.7 Å². The lowest BCUT2D eigenvalue weighted by atomic mass is 9.82. The van der Waals surface area contributed by atoms with Crippen molar-refractivity contribution in [2.75, 3.05) is 0 Å². The van der Waals surface area contributed by atoms with E-state index in [1.54, 1.807) is 0 Å². The highest BCUT2D eigenvalue weighted by Crippen LogP contribution is 2.33. The molecule has 18 heavy (non-hydrogen) atoms. The van der Waals surface area contributed by atoms with E-state index in [0.29, 0.717) is 12.6 Å². The summed E-state index contributed by atoms with van der Waals surface area (Å²) in [5.74, 6) is 2.56. The molecule has 1 aliphatic rings. The monoisotopic (exact) mass is 247 g/mol. The van der Waals surface area contributed by atoms with Gasteiger partial charge in [-0.1, -0.05) is 32.0 Å². The van der Waals surface area contributed by atoms with Gasteiger partial charge < -0.3 is 10.5 Å². The van der Waals surface area contributed by atoms with Crippen molar-refractivity contribution < 1.29 is 4.74 Å². The summed E-state index contributed by atoms with van der Waals surface area (Å²) < 4.78 is 6.27. The molecule has 2 unspecified atom stereocenters. The lowest BCUT2D eigenvalue weighted by Crippen LogP contribution is -2.29. The molecule has 2 N–H and O–H groups in total. The predicted molar refractivity (Wildman–Crippen MR) is 75.7 cm³/mol. The Morgan fingerprint density at radius 2 is 1.83 bits per heavy atom. The summed E-state index contributed by atoms with van der Waals surface area (Å²) in [4.78, 5) is 0. The molecule has 0 aliphatic heterocycles. The number of hydrogen-bond donors (Lipinski definition) is 1. The molecular weight excluding hydrogens is 222 g/mol. The van der Waals surface area contributed by atoms with Gasteiger partial charge in [-0.15, -0.1) is 0 Å². The van der Waals surface area contributed by atoms with Crippen LogP contribution in [0, 0.1) is 18.8 Å². The van der Waals surface area contributed by atoms with E-state index in [0.717, 1.165) is 23.1 Å². The summed E-state index contributed by atoms with van der Waals surface area (Å²) in [5.41, 5.74) is 8.12. The van der Waals surface area contributed by atoms with Crippen molar-refractivity contribution in [1.82, 2.24) is 0 Å². The van der Waals surface area contributed by atoms with Crippen molar-refractivity contribution in [3.8, 4) is 5.75 Å². The van der Waals surface area contributed by atoms with Gasteiger partial charge in [0.1, 0.15) is 5.75 Å². The molecule has 1 aromatic rings. The van der Waals surface area contributed by atoms with E-state index in [4.69, 9.17) is 10.5 Å². The molecule has 0 spiro atoms. The summed E-state index contributed by atoms with van der Waals surface area (Å²) in [6, 6.07) is 6.22. The molecule has 2 nitrogen and oxygen atoms in total. The lowest BCUT2D eigenvalue weighted by Gasteiger charge is -2.32. The highest BCUT2D eigenvalue weighted by atomic mass is 16.5. The van der Waals surface area contributed by atoms with Crippen LogP contribution < -0.4 is 10.5 Å². The van der Waals surface area contributed by atoms with Gasteiger partial charge in [-0.3, -0.25) is 0 Å². The van der Waals surface area contributed by atoms with Crippen LogP contribution in [0.3, 0.4) is 0 Å². The first-order chi connectivity index (χ1) is 8.60. The predicted octanol–water partition coefficient (Wildman–Crippen LogP) is 3.66. The third-order valence-electron chi connectivity index (χ3n) is 3.93. The van der Waals surface area contributed by atoms with Gasteiger partial charge in [0.15, 0.2) is 0 Å². The van der Waals surface area contributed by atoms with Crippen molar-refractivity contribution in [3.05, 3.63) is 29.3 Å². The standard InChI is InChI=1S/C16H25NO/c1-11-7-12(2)9-15(8-11)18-16-13(3)5-4-6-14(16)10-17/h4-6,11-12,15H,7-10,17H2,1-3H3. The second-order valence-electron chi connectivity index (χ2n) is 5.92. The van der Waals surface area contributed by atoms with E-state index >= 15 is 0 Å². The fourth-order valence-electron chi connectivity index (χ4n) is 3.18. The van der Waals surface area contributed by atoms with Gasteiger partial charge in [-0.05, 0) is 43.6 Å². The number of aryl methyl sites for hydroxylation is 1. The first-order valence-electron chi connectivity index (χ1n) is 7.05. The van der Waals surface area contributed by atoms with Crippen LogP contribution >= 0.6 is 0 Å². The normalized spacial score (nSPS) is 28.1. The quantitative estimate of drug-likeness (QED) is 0.884. The zero-order valence-electron chi connectivity index (χ0n) is 11.8. The van der Waals surface area contributed by atoms with Crippen LogP contribution in [0.1, 0.15) is 44.2 Å². The summed E-state index contributed by atoms with van der Waals surface area (Å²) in [6.45, 7) is 7.31. The highest BCUT2D eigenvalue weighted by molar-refractivity contribution is 5.40. The second kappa shape index (κ2) is 5.75. The van der Waals surface area contributed by atoms with E-state index in [-0.39, 0.29) is 0 Å². The Morgan fingerprint density at radius 3 is 2.44 bits per heavy atom. The molecule has 2 atom stereocenters. The topological polar surface area (TPSA) is 35.2 Å². The average molecular weight is 247 g/mol. The van der Waals surface area contributed by atoms with Gasteiger partial charge in [0, 0.05) is 12.1 Å². The van der Waals surface area contributed by atoms with Gasteiger partial charge in [-0.25, -0.2) is 0 Å². The van der Waals surface area contributed by atoms with Crippen LogP contribution in [0.4, 0.5) is 0 Å². The molecule has 1 aliphatic carbocycles. The SMILES string of the molecule is Cc1cccc(CN)c1OC1CC(C)CC(C)C1. The molecule has 0 saturated heterocycles. The molecule has 2 rings (SSSR count). The third-order valence-corrected chi connectivity index (χ3v) is 3.93. The van der Waals surface area contributed by atoms with Gasteiger partial charge in [0.2, 0.25) is 0 Å². The fraction of sp³-hybridized carbons (Fsp3) is 0.625. The van der Waals surface area contributed by atoms with Crippen LogP contribution in [0.25, 0.3) is 0 Å². The van der Waals surface area contributed by atoms with Gasteiger partial charge in [0.25, 0.3) is 0 Å². The minimum atomic E-state index is 0.357. The molecule has 0 heterocycles. The molecular formula is C16H25NO. The van der Waals surface area contributed by atoms with Crippen LogP contribution in [-0.4, -0.2) is 6.10 Å². The third kappa shape index (κ3) is 3.05. The zero-order valence-corrected chi connectivity index (χ0v) is 11.8. The maximum Gasteiger partial charge on any atom is 0.127 e. The average Bonchev–Trinajstić information content (AvgIpc) is 2.30. The maximum absolute atomic E-state index is 6.27. The molecule has 0 radical (unpaired) electrons. The molecule has 0 amide bonds. The summed E-state index contributed by atoms with van der Waals surface area (Å²) in [7, 11) is 0. The van der Waals surface area contributed by atoms with Crippen LogP contribution in [-0.2, 0) is 6.54 Å². The molecule has 0 bridgehead atoms.